The second-order valence-electron chi connectivity index (χ2n) is 5.27. The highest BCUT2D eigenvalue weighted by Gasteiger charge is 2.15. The number of rotatable bonds is 10. The fourth-order valence-corrected chi connectivity index (χ4v) is 2.28. The van der Waals surface area contributed by atoms with E-state index in [-0.39, 0.29) is 6.61 Å². The van der Waals surface area contributed by atoms with Crippen LogP contribution >= 0.6 is 0 Å². The molecule has 0 spiro atoms. The van der Waals surface area contributed by atoms with Crippen molar-refractivity contribution in [1.29, 1.82) is 0 Å². The molecule has 0 aliphatic rings. The molecule has 0 atom stereocenters. The second kappa shape index (κ2) is 9.55. The summed E-state index contributed by atoms with van der Waals surface area (Å²) in [6.45, 7) is 11.3. The zero-order valence-corrected chi connectivity index (χ0v) is 13.9. The molecular formula is C16H30N4O. The van der Waals surface area contributed by atoms with E-state index in [4.69, 9.17) is 10.1 Å². The molecule has 1 rings (SSSR count). The molecule has 0 saturated carbocycles. The fraction of sp³-hybridized carbons (Fsp3) is 0.750. The number of nitrogens with zero attached hydrogens (tertiary/aromatic N) is 3. The molecule has 0 radical (unpaired) electrons. The van der Waals surface area contributed by atoms with E-state index in [1.54, 1.807) is 0 Å². The zero-order valence-electron chi connectivity index (χ0n) is 13.9. The van der Waals surface area contributed by atoms with Crippen LogP contribution < -0.4 is 10.2 Å². The van der Waals surface area contributed by atoms with Crippen molar-refractivity contribution >= 4 is 11.6 Å². The zero-order chi connectivity index (χ0) is 15.7. The van der Waals surface area contributed by atoms with Gasteiger partial charge >= 0.3 is 0 Å². The SMILES string of the molecule is CCCNc1nc(CCC)nc(N(CC)CCCO)c1C. The van der Waals surface area contributed by atoms with Crippen LogP contribution in [0.3, 0.4) is 0 Å². The van der Waals surface area contributed by atoms with Gasteiger partial charge in [-0.15, -0.1) is 0 Å². The summed E-state index contributed by atoms with van der Waals surface area (Å²) in [6, 6.07) is 0. The van der Waals surface area contributed by atoms with Gasteiger partial charge in [-0.1, -0.05) is 13.8 Å². The quantitative estimate of drug-likeness (QED) is 0.695. The maximum Gasteiger partial charge on any atom is 0.137 e. The Bertz CT molecular complexity index is 423. The minimum absolute atomic E-state index is 0.212. The third kappa shape index (κ3) is 5.16. The Morgan fingerprint density at radius 1 is 1.14 bits per heavy atom. The smallest absolute Gasteiger partial charge is 0.137 e. The number of aromatic nitrogens is 2. The van der Waals surface area contributed by atoms with Crippen LogP contribution in [0.2, 0.25) is 0 Å². The summed E-state index contributed by atoms with van der Waals surface area (Å²) >= 11 is 0. The average molecular weight is 294 g/mol. The number of nitrogens with one attached hydrogen (secondary N) is 1. The summed E-state index contributed by atoms with van der Waals surface area (Å²) in [4.78, 5) is 11.6. The minimum Gasteiger partial charge on any atom is -0.396 e. The van der Waals surface area contributed by atoms with Crippen molar-refractivity contribution in [1.82, 2.24) is 9.97 Å². The predicted molar refractivity (Wildman–Crippen MR) is 89.1 cm³/mol. The summed E-state index contributed by atoms with van der Waals surface area (Å²) < 4.78 is 0. The molecule has 0 aliphatic heterocycles. The summed E-state index contributed by atoms with van der Waals surface area (Å²) in [5.74, 6) is 2.86. The van der Waals surface area contributed by atoms with Crippen LogP contribution in [-0.4, -0.2) is 41.3 Å². The van der Waals surface area contributed by atoms with Crippen LogP contribution in [-0.2, 0) is 6.42 Å². The molecule has 0 saturated heterocycles. The normalized spacial score (nSPS) is 10.7. The first-order chi connectivity index (χ1) is 10.2. The molecule has 2 N–H and O–H groups in total. The predicted octanol–water partition coefficient (Wildman–Crippen LogP) is 2.77. The van der Waals surface area contributed by atoms with E-state index in [1.165, 1.54) is 0 Å². The second-order valence-corrected chi connectivity index (χ2v) is 5.27. The molecule has 0 aromatic carbocycles. The van der Waals surface area contributed by atoms with Crippen LogP contribution in [0.4, 0.5) is 11.6 Å². The Balaban J connectivity index is 3.10. The third-order valence-electron chi connectivity index (χ3n) is 3.45. The van der Waals surface area contributed by atoms with Crippen molar-refractivity contribution in [3.05, 3.63) is 11.4 Å². The molecule has 1 heterocycles. The monoisotopic (exact) mass is 294 g/mol. The molecule has 0 unspecified atom stereocenters. The highest BCUT2D eigenvalue weighted by atomic mass is 16.3. The third-order valence-corrected chi connectivity index (χ3v) is 3.45. The van der Waals surface area contributed by atoms with Gasteiger partial charge in [-0.2, -0.15) is 0 Å². The molecule has 1 aromatic heterocycles. The largest absolute Gasteiger partial charge is 0.396 e. The molecule has 0 amide bonds. The molecule has 0 aliphatic carbocycles. The Morgan fingerprint density at radius 2 is 1.90 bits per heavy atom. The lowest BCUT2D eigenvalue weighted by Gasteiger charge is -2.25. The van der Waals surface area contributed by atoms with Crippen molar-refractivity contribution in [2.24, 2.45) is 0 Å². The van der Waals surface area contributed by atoms with E-state index in [1.807, 2.05) is 0 Å². The standard InChI is InChI=1S/C16H30N4O/c1-5-9-14-18-15(17-10-6-2)13(4)16(19-14)20(7-3)11-8-12-21/h21H,5-12H2,1-4H3,(H,17,18,19). The minimum atomic E-state index is 0.212. The van der Waals surface area contributed by atoms with E-state index in [0.29, 0.717) is 0 Å². The summed E-state index contributed by atoms with van der Waals surface area (Å²) in [5.41, 5.74) is 1.10. The maximum absolute atomic E-state index is 9.06. The Hall–Kier alpha value is -1.36. The highest BCUT2D eigenvalue weighted by molar-refractivity contribution is 5.58. The van der Waals surface area contributed by atoms with Gasteiger partial charge in [-0.05, 0) is 33.1 Å². The highest BCUT2D eigenvalue weighted by Crippen LogP contribution is 2.24. The molecule has 21 heavy (non-hydrogen) atoms. The Labute approximate surface area is 128 Å². The number of aliphatic hydroxyl groups excluding tert-OH is 1. The number of anilines is 2. The van der Waals surface area contributed by atoms with Crippen LogP contribution in [0.5, 0.6) is 0 Å². The van der Waals surface area contributed by atoms with Crippen molar-refractivity contribution in [2.75, 3.05) is 36.5 Å². The molecular weight excluding hydrogens is 264 g/mol. The van der Waals surface area contributed by atoms with Gasteiger partial charge in [0.15, 0.2) is 0 Å². The molecule has 0 bridgehead atoms. The van der Waals surface area contributed by atoms with Crippen LogP contribution in [0.1, 0.15) is 51.4 Å². The first-order valence-corrected chi connectivity index (χ1v) is 8.15. The van der Waals surface area contributed by atoms with Crippen LogP contribution in [0.25, 0.3) is 0 Å². The van der Waals surface area contributed by atoms with E-state index < -0.39 is 0 Å². The van der Waals surface area contributed by atoms with Crippen molar-refractivity contribution in [3.63, 3.8) is 0 Å². The van der Waals surface area contributed by atoms with Gasteiger partial charge in [0.1, 0.15) is 17.5 Å². The van der Waals surface area contributed by atoms with Gasteiger partial charge in [0, 0.05) is 38.2 Å². The maximum atomic E-state index is 9.06. The summed E-state index contributed by atoms with van der Waals surface area (Å²) in [7, 11) is 0. The van der Waals surface area contributed by atoms with E-state index in [9.17, 15) is 0 Å². The number of aliphatic hydroxyl groups is 1. The van der Waals surface area contributed by atoms with Gasteiger partial charge in [-0.3, -0.25) is 0 Å². The Kier molecular flexibility index (Phi) is 8.05. The molecule has 5 nitrogen and oxygen atoms in total. The molecule has 0 fully saturated rings. The molecule has 5 heteroatoms. The van der Waals surface area contributed by atoms with Gasteiger partial charge in [-0.25, -0.2) is 9.97 Å². The van der Waals surface area contributed by atoms with Gasteiger partial charge in [0.2, 0.25) is 0 Å². The van der Waals surface area contributed by atoms with Gasteiger partial charge in [0.25, 0.3) is 0 Å². The van der Waals surface area contributed by atoms with Crippen molar-refractivity contribution < 1.29 is 5.11 Å². The van der Waals surface area contributed by atoms with Crippen molar-refractivity contribution in [2.45, 2.75) is 53.4 Å². The number of hydrogen-bond donors (Lipinski definition) is 2. The summed E-state index contributed by atoms with van der Waals surface area (Å²) in [6.07, 6.45) is 3.77. The van der Waals surface area contributed by atoms with Gasteiger partial charge < -0.3 is 15.3 Å². The van der Waals surface area contributed by atoms with E-state index in [2.05, 4.69) is 42.9 Å². The van der Waals surface area contributed by atoms with E-state index >= 15 is 0 Å². The molecule has 120 valence electrons. The first kappa shape index (κ1) is 17.7. The lowest BCUT2D eigenvalue weighted by atomic mass is 10.2. The van der Waals surface area contributed by atoms with Crippen LogP contribution in [0, 0.1) is 6.92 Å². The average Bonchev–Trinajstić information content (AvgIpc) is 2.49. The lowest BCUT2D eigenvalue weighted by Crippen LogP contribution is -2.27. The first-order valence-electron chi connectivity index (χ1n) is 8.15. The Morgan fingerprint density at radius 3 is 2.48 bits per heavy atom. The number of aryl methyl sites for hydroxylation is 1. The number of hydrogen-bond acceptors (Lipinski definition) is 5. The van der Waals surface area contributed by atoms with Crippen molar-refractivity contribution in [3.8, 4) is 0 Å². The summed E-state index contributed by atoms with van der Waals surface area (Å²) in [5, 5.41) is 12.5. The topological polar surface area (TPSA) is 61.3 Å². The van der Waals surface area contributed by atoms with Gasteiger partial charge in [0.05, 0.1) is 0 Å². The lowest BCUT2D eigenvalue weighted by molar-refractivity contribution is 0.289. The fourth-order valence-electron chi connectivity index (χ4n) is 2.28. The molecule has 1 aromatic rings. The van der Waals surface area contributed by atoms with E-state index in [0.717, 1.165) is 68.3 Å². The van der Waals surface area contributed by atoms with Crippen LogP contribution in [0.15, 0.2) is 0 Å².